The minimum atomic E-state index is -0.988. The molecular weight excluding hydrogens is 232 g/mol. The highest BCUT2D eigenvalue weighted by molar-refractivity contribution is 5.89. The number of carbonyl (C=O) groups is 1. The number of aromatic nitrogens is 4. The zero-order valence-corrected chi connectivity index (χ0v) is 9.45. The van der Waals surface area contributed by atoms with Crippen LogP contribution in [0.1, 0.15) is 34.8 Å². The summed E-state index contributed by atoms with van der Waals surface area (Å²) >= 11 is 0. The lowest BCUT2D eigenvalue weighted by Crippen LogP contribution is -2.07. The van der Waals surface area contributed by atoms with Crippen LogP contribution in [-0.2, 0) is 0 Å². The normalized spacial score (nSPS) is 14.4. The molecule has 18 heavy (non-hydrogen) atoms. The summed E-state index contributed by atoms with van der Waals surface area (Å²) in [5, 5.41) is 9.09. The van der Waals surface area contributed by atoms with Gasteiger partial charge in [-0.15, -0.1) is 0 Å². The summed E-state index contributed by atoms with van der Waals surface area (Å²) in [4.78, 5) is 27.5. The minimum absolute atomic E-state index is 0.178. The molecule has 0 atom stereocenters. The average Bonchev–Trinajstić information content (AvgIpc) is 3.23. The predicted molar refractivity (Wildman–Crippen MR) is 62.0 cm³/mol. The van der Waals surface area contributed by atoms with E-state index in [4.69, 9.17) is 5.11 Å². The van der Waals surface area contributed by atoms with Crippen LogP contribution in [0, 0.1) is 0 Å². The van der Waals surface area contributed by atoms with E-state index in [1.165, 1.54) is 6.20 Å². The van der Waals surface area contributed by atoms with Gasteiger partial charge in [-0.1, -0.05) is 0 Å². The molecule has 0 bridgehead atoms. The summed E-state index contributed by atoms with van der Waals surface area (Å²) in [6.07, 6.45) is 6.51. The largest absolute Gasteiger partial charge is 0.478 e. The van der Waals surface area contributed by atoms with Crippen LogP contribution in [0.4, 0.5) is 0 Å². The van der Waals surface area contributed by atoms with Gasteiger partial charge in [0.2, 0.25) is 0 Å². The van der Waals surface area contributed by atoms with Gasteiger partial charge in [0.15, 0.2) is 11.6 Å². The highest BCUT2D eigenvalue weighted by atomic mass is 16.4. The highest BCUT2D eigenvalue weighted by Gasteiger charge is 2.30. The zero-order chi connectivity index (χ0) is 12.5. The van der Waals surface area contributed by atoms with Crippen LogP contribution >= 0.6 is 0 Å². The van der Waals surface area contributed by atoms with E-state index in [0.29, 0.717) is 17.3 Å². The minimum Gasteiger partial charge on any atom is -0.478 e. The van der Waals surface area contributed by atoms with Crippen molar-refractivity contribution < 1.29 is 9.90 Å². The fourth-order valence-corrected chi connectivity index (χ4v) is 1.75. The first-order valence-electron chi connectivity index (χ1n) is 5.63. The first kappa shape index (κ1) is 10.8. The lowest BCUT2D eigenvalue weighted by molar-refractivity contribution is 0.0694. The summed E-state index contributed by atoms with van der Waals surface area (Å²) < 4.78 is 0. The van der Waals surface area contributed by atoms with Crippen LogP contribution in [0.15, 0.2) is 24.7 Å². The van der Waals surface area contributed by atoms with Gasteiger partial charge in [-0.2, -0.15) is 0 Å². The van der Waals surface area contributed by atoms with Crippen molar-refractivity contribution in [3.05, 3.63) is 35.9 Å². The standard InChI is InChI=1S/C12H10N4O2/c17-12(18)8-6-15-11(10-13-4-1-5-14-10)16-9(8)7-2-3-7/h1,4-7H,2-3H2,(H,17,18). The summed E-state index contributed by atoms with van der Waals surface area (Å²) in [6.45, 7) is 0. The number of carboxylic acid groups (broad SMARTS) is 1. The molecule has 1 N–H and O–H groups in total. The van der Waals surface area contributed by atoms with Crippen LogP contribution in [0.5, 0.6) is 0 Å². The Labute approximate surface area is 103 Å². The molecule has 90 valence electrons. The Hall–Kier alpha value is -2.37. The van der Waals surface area contributed by atoms with Gasteiger partial charge in [-0.05, 0) is 18.9 Å². The highest BCUT2D eigenvalue weighted by Crippen LogP contribution is 2.40. The van der Waals surface area contributed by atoms with E-state index in [1.54, 1.807) is 18.5 Å². The Balaban J connectivity index is 2.08. The van der Waals surface area contributed by atoms with Gasteiger partial charge in [0, 0.05) is 24.5 Å². The molecule has 2 heterocycles. The fourth-order valence-electron chi connectivity index (χ4n) is 1.75. The van der Waals surface area contributed by atoms with Crippen molar-refractivity contribution >= 4 is 5.97 Å². The molecule has 0 aromatic carbocycles. The summed E-state index contributed by atoms with van der Waals surface area (Å²) in [5.41, 5.74) is 0.775. The molecule has 6 nitrogen and oxygen atoms in total. The average molecular weight is 242 g/mol. The maximum absolute atomic E-state index is 11.1. The Kier molecular flexibility index (Phi) is 2.47. The number of aromatic carboxylic acids is 1. The van der Waals surface area contributed by atoms with Crippen LogP contribution in [-0.4, -0.2) is 31.0 Å². The van der Waals surface area contributed by atoms with Crippen LogP contribution in [0.2, 0.25) is 0 Å². The van der Waals surface area contributed by atoms with Gasteiger partial charge in [-0.3, -0.25) is 0 Å². The monoisotopic (exact) mass is 242 g/mol. The maximum atomic E-state index is 11.1. The molecule has 1 aliphatic rings. The third-order valence-corrected chi connectivity index (χ3v) is 2.78. The third kappa shape index (κ3) is 1.92. The maximum Gasteiger partial charge on any atom is 0.339 e. The Morgan fingerprint density at radius 2 is 1.89 bits per heavy atom. The van der Waals surface area contributed by atoms with E-state index in [-0.39, 0.29) is 11.5 Å². The fraction of sp³-hybridized carbons (Fsp3) is 0.250. The number of hydrogen-bond donors (Lipinski definition) is 1. The number of carboxylic acids is 1. The van der Waals surface area contributed by atoms with Gasteiger partial charge in [0.1, 0.15) is 0 Å². The van der Waals surface area contributed by atoms with Crippen molar-refractivity contribution in [2.45, 2.75) is 18.8 Å². The van der Waals surface area contributed by atoms with Crippen LogP contribution < -0.4 is 0 Å². The molecule has 0 radical (unpaired) electrons. The van der Waals surface area contributed by atoms with E-state index >= 15 is 0 Å². The van der Waals surface area contributed by atoms with Crippen molar-refractivity contribution in [2.75, 3.05) is 0 Å². The first-order valence-corrected chi connectivity index (χ1v) is 5.63. The first-order chi connectivity index (χ1) is 8.75. The smallest absolute Gasteiger partial charge is 0.339 e. The van der Waals surface area contributed by atoms with E-state index in [0.717, 1.165) is 12.8 Å². The topological polar surface area (TPSA) is 88.9 Å². The zero-order valence-electron chi connectivity index (χ0n) is 9.45. The molecule has 0 saturated heterocycles. The molecule has 1 saturated carbocycles. The molecule has 2 aromatic rings. The van der Waals surface area contributed by atoms with Crippen molar-refractivity contribution in [3.8, 4) is 11.6 Å². The SMILES string of the molecule is O=C(O)c1cnc(-c2ncccn2)nc1C1CC1. The summed E-state index contributed by atoms with van der Waals surface area (Å²) in [7, 11) is 0. The molecule has 0 unspecified atom stereocenters. The second-order valence-corrected chi connectivity index (χ2v) is 4.14. The molecule has 0 spiro atoms. The van der Waals surface area contributed by atoms with Gasteiger partial charge in [0.25, 0.3) is 0 Å². The second kappa shape index (κ2) is 4.14. The van der Waals surface area contributed by atoms with Crippen molar-refractivity contribution in [2.24, 2.45) is 0 Å². The molecule has 6 heteroatoms. The Morgan fingerprint density at radius 1 is 1.17 bits per heavy atom. The van der Waals surface area contributed by atoms with Gasteiger partial charge >= 0.3 is 5.97 Å². The predicted octanol–water partition coefficient (Wildman–Crippen LogP) is 1.51. The molecule has 1 fully saturated rings. The van der Waals surface area contributed by atoms with Crippen molar-refractivity contribution in [3.63, 3.8) is 0 Å². The second-order valence-electron chi connectivity index (χ2n) is 4.14. The molecule has 2 aromatic heterocycles. The Bertz CT molecular complexity index is 596. The van der Waals surface area contributed by atoms with Crippen LogP contribution in [0.3, 0.4) is 0 Å². The van der Waals surface area contributed by atoms with Gasteiger partial charge < -0.3 is 5.11 Å². The molecule has 0 aliphatic heterocycles. The van der Waals surface area contributed by atoms with Gasteiger partial charge in [-0.25, -0.2) is 24.7 Å². The molecular formula is C12H10N4O2. The lowest BCUT2D eigenvalue weighted by Gasteiger charge is -2.05. The molecule has 1 aliphatic carbocycles. The van der Waals surface area contributed by atoms with E-state index in [2.05, 4.69) is 19.9 Å². The third-order valence-electron chi connectivity index (χ3n) is 2.78. The molecule has 0 amide bonds. The molecule has 3 rings (SSSR count). The van der Waals surface area contributed by atoms with Crippen molar-refractivity contribution in [1.29, 1.82) is 0 Å². The number of hydrogen-bond acceptors (Lipinski definition) is 5. The Morgan fingerprint density at radius 3 is 2.50 bits per heavy atom. The number of rotatable bonds is 3. The van der Waals surface area contributed by atoms with E-state index in [1.807, 2.05) is 0 Å². The quantitative estimate of drug-likeness (QED) is 0.877. The van der Waals surface area contributed by atoms with Crippen molar-refractivity contribution in [1.82, 2.24) is 19.9 Å². The summed E-state index contributed by atoms with van der Waals surface area (Å²) in [6, 6.07) is 1.71. The van der Waals surface area contributed by atoms with E-state index in [9.17, 15) is 4.79 Å². The van der Waals surface area contributed by atoms with Crippen LogP contribution in [0.25, 0.3) is 11.6 Å². The van der Waals surface area contributed by atoms with E-state index < -0.39 is 5.97 Å². The lowest BCUT2D eigenvalue weighted by atomic mass is 10.1. The summed E-state index contributed by atoms with van der Waals surface area (Å²) in [5.74, 6) is 0.0397. The number of nitrogens with zero attached hydrogens (tertiary/aromatic N) is 4. The van der Waals surface area contributed by atoms with Gasteiger partial charge in [0.05, 0.1) is 11.3 Å².